The summed E-state index contributed by atoms with van der Waals surface area (Å²) in [6.07, 6.45) is 0. The van der Waals surface area contributed by atoms with Crippen LogP contribution < -0.4 is 0 Å². The van der Waals surface area contributed by atoms with Gasteiger partial charge < -0.3 is 0 Å². The van der Waals surface area contributed by atoms with Crippen LogP contribution in [0.15, 0.2) is 36.4 Å². The third-order valence-electron chi connectivity index (χ3n) is 3.48. The van der Waals surface area contributed by atoms with Crippen molar-refractivity contribution in [1.82, 2.24) is 0 Å². The van der Waals surface area contributed by atoms with Gasteiger partial charge in [0.15, 0.2) is 0 Å². The quantitative estimate of drug-likeness (QED) is 0.465. The fourth-order valence-corrected chi connectivity index (χ4v) is 5.40. The van der Waals surface area contributed by atoms with Gasteiger partial charge in [0, 0.05) is 29.3 Å². The van der Waals surface area contributed by atoms with E-state index in [1.54, 1.807) is 0 Å². The standard InChI is InChI=1S/C18H20S3/c1-11(2)13-5-7-15(19-13)17-9-10-18(21-17)16-8-6-14(20-16)12(3)4/h5-12H,1-4H3. The van der Waals surface area contributed by atoms with Crippen molar-refractivity contribution in [3.8, 4) is 19.5 Å². The molecule has 0 bridgehead atoms. The van der Waals surface area contributed by atoms with Crippen molar-refractivity contribution < 1.29 is 0 Å². The number of thiophene rings is 3. The highest BCUT2D eigenvalue weighted by atomic mass is 32.1. The van der Waals surface area contributed by atoms with E-state index < -0.39 is 0 Å². The molecule has 3 heteroatoms. The van der Waals surface area contributed by atoms with Crippen LogP contribution in [-0.2, 0) is 0 Å². The first-order valence-electron chi connectivity index (χ1n) is 7.34. The highest BCUT2D eigenvalue weighted by Gasteiger charge is 2.11. The summed E-state index contributed by atoms with van der Waals surface area (Å²) in [5.41, 5.74) is 0. The molecule has 110 valence electrons. The predicted molar refractivity (Wildman–Crippen MR) is 99.1 cm³/mol. The molecule has 0 saturated carbocycles. The Balaban J connectivity index is 1.88. The van der Waals surface area contributed by atoms with Gasteiger partial charge in [0.05, 0.1) is 0 Å². The van der Waals surface area contributed by atoms with Crippen LogP contribution in [0.1, 0.15) is 49.3 Å². The van der Waals surface area contributed by atoms with Gasteiger partial charge >= 0.3 is 0 Å². The first-order chi connectivity index (χ1) is 10.0. The highest BCUT2D eigenvalue weighted by Crippen LogP contribution is 2.41. The molecule has 0 fully saturated rings. The van der Waals surface area contributed by atoms with Gasteiger partial charge in [-0.3, -0.25) is 0 Å². The Morgan fingerprint density at radius 3 is 1.19 bits per heavy atom. The lowest BCUT2D eigenvalue weighted by Gasteiger charge is -1.98. The summed E-state index contributed by atoms with van der Waals surface area (Å²) in [6, 6.07) is 13.6. The zero-order chi connectivity index (χ0) is 15.0. The molecule has 0 spiro atoms. The Morgan fingerprint density at radius 2 is 0.857 bits per heavy atom. The average molecular weight is 333 g/mol. The van der Waals surface area contributed by atoms with E-state index in [4.69, 9.17) is 0 Å². The van der Waals surface area contributed by atoms with Crippen molar-refractivity contribution in [2.24, 2.45) is 0 Å². The van der Waals surface area contributed by atoms with Crippen LogP contribution in [0.5, 0.6) is 0 Å². The van der Waals surface area contributed by atoms with Crippen LogP contribution in [0, 0.1) is 0 Å². The highest BCUT2D eigenvalue weighted by molar-refractivity contribution is 7.26. The minimum atomic E-state index is 0.620. The maximum Gasteiger partial charge on any atom is 0.0449 e. The number of hydrogen-bond donors (Lipinski definition) is 0. The zero-order valence-electron chi connectivity index (χ0n) is 12.8. The molecule has 3 aromatic rings. The van der Waals surface area contributed by atoms with Gasteiger partial charge in [0.25, 0.3) is 0 Å². The van der Waals surface area contributed by atoms with Gasteiger partial charge in [-0.15, -0.1) is 34.0 Å². The minimum absolute atomic E-state index is 0.620. The molecular formula is C18H20S3. The maximum atomic E-state index is 2.27. The molecule has 0 atom stereocenters. The topological polar surface area (TPSA) is 0 Å². The summed E-state index contributed by atoms with van der Waals surface area (Å²) in [7, 11) is 0. The number of rotatable bonds is 4. The third kappa shape index (κ3) is 3.15. The van der Waals surface area contributed by atoms with E-state index in [0.29, 0.717) is 11.8 Å². The Hall–Kier alpha value is -0.900. The smallest absolute Gasteiger partial charge is 0.0449 e. The molecule has 21 heavy (non-hydrogen) atoms. The molecule has 0 aliphatic rings. The summed E-state index contributed by atoms with van der Waals surface area (Å²) in [5, 5.41) is 0. The largest absolute Gasteiger partial charge is 0.139 e. The molecule has 0 aromatic carbocycles. The van der Waals surface area contributed by atoms with Gasteiger partial charge in [0.2, 0.25) is 0 Å². The molecule has 3 aromatic heterocycles. The summed E-state index contributed by atoms with van der Waals surface area (Å²) in [5.74, 6) is 1.24. The molecule has 0 saturated heterocycles. The van der Waals surface area contributed by atoms with Crippen LogP contribution in [0.4, 0.5) is 0 Å². The maximum absolute atomic E-state index is 2.27. The van der Waals surface area contributed by atoms with E-state index in [2.05, 4.69) is 64.1 Å². The molecule has 3 heterocycles. The molecule has 0 aliphatic heterocycles. The SMILES string of the molecule is CC(C)c1ccc(-c2ccc(-c3ccc(C(C)C)s3)s2)s1. The lowest BCUT2D eigenvalue weighted by molar-refractivity contribution is 0.890. The van der Waals surface area contributed by atoms with Crippen molar-refractivity contribution in [2.75, 3.05) is 0 Å². The van der Waals surface area contributed by atoms with Crippen molar-refractivity contribution >= 4 is 34.0 Å². The molecule has 0 N–H and O–H groups in total. The van der Waals surface area contributed by atoms with E-state index in [-0.39, 0.29) is 0 Å². The fourth-order valence-electron chi connectivity index (χ4n) is 2.19. The molecule has 0 nitrogen and oxygen atoms in total. The van der Waals surface area contributed by atoms with Crippen molar-refractivity contribution in [3.63, 3.8) is 0 Å². The lowest BCUT2D eigenvalue weighted by Crippen LogP contribution is -1.77. The Labute approximate surface area is 139 Å². The second-order valence-corrected chi connectivity index (χ2v) is 9.19. The van der Waals surface area contributed by atoms with E-state index in [9.17, 15) is 0 Å². The Kier molecular flexibility index (Phi) is 4.34. The van der Waals surface area contributed by atoms with Crippen LogP contribution in [-0.4, -0.2) is 0 Å². The van der Waals surface area contributed by atoms with Crippen molar-refractivity contribution in [1.29, 1.82) is 0 Å². The van der Waals surface area contributed by atoms with Crippen LogP contribution in [0.25, 0.3) is 19.5 Å². The summed E-state index contributed by atoms with van der Waals surface area (Å²) in [4.78, 5) is 8.52. The summed E-state index contributed by atoms with van der Waals surface area (Å²) in [6.45, 7) is 9.03. The van der Waals surface area contributed by atoms with Crippen LogP contribution in [0.2, 0.25) is 0 Å². The van der Waals surface area contributed by atoms with E-state index in [1.807, 2.05) is 34.0 Å². The first kappa shape index (κ1) is 15.0. The third-order valence-corrected chi connectivity index (χ3v) is 7.73. The molecule has 0 amide bonds. The lowest BCUT2D eigenvalue weighted by atomic mass is 10.2. The van der Waals surface area contributed by atoms with E-state index in [1.165, 1.54) is 29.3 Å². The minimum Gasteiger partial charge on any atom is -0.139 e. The van der Waals surface area contributed by atoms with Crippen LogP contribution in [0.3, 0.4) is 0 Å². The Morgan fingerprint density at radius 1 is 0.524 bits per heavy atom. The van der Waals surface area contributed by atoms with Crippen LogP contribution >= 0.6 is 34.0 Å². The zero-order valence-corrected chi connectivity index (χ0v) is 15.3. The fraction of sp³-hybridized carbons (Fsp3) is 0.333. The van der Waals surface area contributed by atoms with Gasteiger partial charge in [-0.05, 0) is 48.2 Å². The molecule has 0 radical (unpaired) electrons. The van der Waals surface area contributed by atoms with Gasteiger partial charge in [-0.25, -0.2) is 0 Å². The average Bonchev–Trinajstić information content (AvgIpc) is 3.18. The second-order valence-electron chi connectivity index (χ2n) is 5.88. The molecule has 3 rings (SSSR count). The van der Waals surface area contributed by atoms with Gasteiger partial charge in [0.1, 0.15) is 0 Å². The summed E-state index contributed by atoms with van der Waals surface area (Å²) < 4.78 is 0. The second kappa shape index (κ2) is 6.07. The molecule has 0 aliphatic carbocycles. The first-order valence-corrected chi connectivity index (χ1v) is 9.79. The molecule has 0 unspecified atom stereocenters. The van der Waals surface area contributed by atoms with Crippen molar-refractivity contribution in [3.05, 3.63) is 46.2 Å². The van der Waals surface area contributed by atoms with Gasteiger partial charge in [-0.2, -0.15) is 0 Å². The van der Waals surface area contributed by atoms with Gasteiger partial charge in [-0.1, -0.05) is 27.7 Å². The monoisotopic (exact) mass is 332 g/mol. The summed E-state index contributed by atoms with van der Waals surface area (Å²) >= 11 is 5.76. The van der Waals surface area contributed by atoms with E-state index in [0.717, 1.165) is 0 Å². The number of hydrogen-bond acceptors (Lipinski definition) is 3. The normalized spacial score (nSPS) is 11.7. The molecular weight excluding hydrogens is 312 g/mol. The predicted octanol–water partition coefficient (Wildman–Crippen LogP) is 7.45. The van der Waals surface area contributed by atoms with Crippen molar-refractivity contribution in [2.45, 2.75) is 39.5 Å². The Bertz CT molecular complexity index is 664. The van der Waals surface area contributed by atoms with E-state index >= 15 is 0 Å².